The minimum absolute atomic E-state index is 0.0312. The highest BCUT2D eigenvalue weighted by atomic mass is 16.2. The summed E-state index contributed by atoms with van der Waals surface area (Å²) in [5, 5.41) is 2.93. The first-order chi connectivity index (χ1) is 9.70. The number of urea groups is 1. The second-order valence-electron chi connectivity index (χ2n) is 5.23. The maximum Gasteiger partial charge on any atom is 0.317 e. The summed E-state index contributed by atoms with van der Waals surface area (Å²) in [6.07, 6.45) is 2.20. The summed E-state index contributed by atoms with van der Waals surface area (Å²) in [4.78, 5) is 25.5. The zero-order valence-electron chi connectivity index (χ0n) is 12.0. The number of piperidine rings is 1. The molecule has 0 spiro atoms. The topological polar surface area (TPSA) is 49.4 Å². The number of nitrogens with zero attached hydrogens (tertiary/aromatic N) is 1. The molecular formula is C16H22N2O2. The van der Waals surface area contributed by atoms with Crippen LogP contribution in [0.15, 0.2) is 30.3 Å². The number of ketones is 1. The molecule has 2 rings (SSSR count). The lowest BCUT2D eigenvalue weighted by atomic mass is 9.91. The van der Waals surface area contributed by atoms with Crippen molar-refractivity contribution in [3.63, 3.8) is 0 Å². The first-order valence-electron chi connectivity index (χ1n) is 7.30. The number of hydrogen-bond acceptors (Lipinski definition) is 2. The quantitative estimate of drug-likeness (QED) is 0.917. The molecule has 1 aromatic rings. The molecule has 0 radical (unpaired) electrons. The zero-order valence-corrected chi connectivity index (χ0v) is 12.0. The third kappa shape index (κ3) is 3.83. The van der Waals surface area contributed by atoms with Gasteiger partial charge in [0.05, 0.1) is 0 Å². The lowest BCUT2D eigenvalue weighted by molar-refractivity contribution is -0.123. The number of hydrogen-bond donors (Lipinski definition) is 1. The summed E-state index contributed by atoms with van der Waals surface area (Å²) in [6.45, 7) is 3.81. The van der Waals surface area contributed by atoms with Crippen LogP contribution in [-0.4, -0.2) is 29.8 Å². The molecular weight excluding hydrogens is 252 g/mol. The van der Waals surface area contributed by atoms with Crippen LogP contribution in [0.25, 0.3) is 0 Å². The Morgan fingerprint density at radius 2 is 1.85 bits per heavy atom. The number of amides is 2. The molecule has 1 saturated heterocycles. The van der Waals surface area contributed by atoms with Crippen LogP contribution in [0.4, 0.5) is 4.79 Å². The summed E-state index contributed by atoms with van der Waals surface area (Å²) >= 11 is 0. The van der Waals surface area contributed by atoms with Crippen LogP contribution in [0.3, 0.4) is 0 Å². The molecule has 4 heteroatoms. The average Bonchev–Trinajstić information content (AvgIpc) is 2.53. The zero-order chi connectivity index (χ0) is 14.4. The minimum atomic E-state index is -0.0312. The fraction of sp³-hybridized carbons (Fsp3) is 0.500. The molecule has 20 heavy (non-hydrogen) atoms. The van der Waals surface area contributed by atoms with E-state index >= 15 is 0 Å². The van der Waals surface area contributed by atoms with Crippen LogP contribution in [0.5, 0.6) is 0 Å². The van der Waals surface area contributed by atoms with Crippen molar-refractivity contribution in [2.45, 2.75) is 32.7 Å². The minimum Gasteiger partial charge on any atom is -0.334 e. The number of rotatable bonds is 4. The molecule has 1 aromatic carbocycles. The third-order valence-corrected chi connectivity index (χ3v) is 3.87. The van der Waals surface area contributed by atoms with Crippen molar-refractivity contribution >= 4 is 11.8 Å². The second-order valence-corrected chi connectivity index (χ2v) is 5.23. The largest absolute Gasteiger partial charge is 0.334 e. The molecule has 0 aliphatic carbocycles. The van der Waals surface area contributed by atoms with E-state index in [-0.39, 0.29) is 11.9 Å². The first-order valence-corrected chi connectivity index (χ1v) is 7.30. The van der Waals surface area contributed by atoms with E-state index in [0.717, 1.165) is 18.4 Å². The Morgan fingerprint density at radius 1 is 1.20 bits per heavy atom. The monoisotopic (exact) mass is 274 g/mol. The van der Waals surface area contributed by atoms with Crippen LogP contribution < -0.4 is 5.32 Å². The first kappa shape index (κ1) is 14.6. The van der Waals surface area contributed by atoms with Crippen LogP contribution in [-0.2, 0) is 11.3 Å². The number of carbonyl (C=O) groups is 2. The van der Waals surface area contributed by atoms with Crippen molar-refractivity contribution in [2.24, 2.45) is 5.92 Å². The Morgan fingerprint density at radius 3 is 2.45 bits per heavy atom. The summed E-state index contributed by atoms with van der Waals surface area (Å²) in [5.41, 5.74) is 1.09. The molecule has 4 nitrogen and oxygen atoms in total. The van der Waals surface area contributed by atoms with Crippen molar-refractivity contribution in [2.75, 3.05) is 13.1 Å². The molecule has 1 fully saturated rings. The van der Waals surface area contributed by atoms with Gasteiger partial charge >= 0.3 is 6.03 Å². The fourth-order valence-corrected chi connectivity index (χ4v) is 2.58. The highest BCUT2D eigenvalue weighted by Crippen LogP contribution is 2.19. The molecule has 0 unspecified atom stereocenters. The van der Waals surface area contributed by atoms with E-state index in [0.29, 0.717) is 31.8 Å². The van der Waals surface area contributed by atoms with Crippen LogP contribution in [0.2, 0.25) is 0 Å². The van der Waals surface area contributed by atoms with Gasteiger partial charge in [0.2, 0.25) is 0 Å². The normalized spacial score (nSPS) is 15.9. The van der Waals surface area contributed by atoms with Gasteiger partial charge < -0.3 is 10.2 Å². The van der Waals surface area contributed by atoms with Crippen molar-refractivity contribution < 1.29 is 9.59 Å². The Bertz CT molecular complexity index is 451. The molecule has 0 saturated carbocycles. The SMILES string of the molecule is CCC(=O)C1CCN(C(=O)NCc2ccccc2)CC1. The lowest BCUT2D eigenvalue weighted by Gasteiger charge is -2.31. The molecule has 2 amide bonds. The number of nitrogens with one attached hydrogen (secondary N) is 1. The predicted octanol–water partition coefficient (Wildman–Crippen LogP) is 2.59. The van der Waals surface area contributed by atoms with Gasteiger partial charge in [-0.15, -0.1) is 0 Å². The van der Waals surface area contributed by atoms with Gasteiger partial charge in [0.1, 0.15) is 5.78 Å². The summed E-state index contributed by atoms with van der Waals surface area (Å²) in [7, 11) is 0. The molecule has 1 aliphatic heterocycles. The van der Waals surface area contributed by atoms with Gasteiger partial charge in [0.25, 0.3) is 0 Å². The molecule has 0 atom stereocenters. The second kappa shape index (κ2) is 7.08. The van der Waals surface area contributed by atoms with Crippen molar-refractivity contribution in [3.8, 4) is 0 Å². The summed E-state index contributed by atoms with van der Waals surface area (Å²) in [6, 6.07) is 9.84. The van der Waals surface area contributed by atoms with Crippen LogP contribution in [0.1, 0.15) is 31.7 Å². The molecule has 0 bridgehead atoms. The molecule has 108 valence electrons. The van der Waals surface area contributed by atoms with E-state index in [1.807, 2.05) is 42.2 Å². The van der Waals surface area contributed by atoms with Gasteiger partial charge in [-0.3, -0.25) is 4.79 Å². The van der Waals surface area contributed by atoms with E-state index in [1.54, 1.807) is 0 Å². The van der Waals surface area contributed by atoms with Crippen LogP contribution >= 0.6 is 0 Å². The predicted molar refractivity (Wildman–Crippen MR) is 78.3 cm³/mol. The van der Waals surface area contributed by atoms with Gasteiger partial charge in [-0.2, -0.15) is 0 Å². The molecule has 1 N–H and O–H groups in total. The maximum atomic E-state index is 12.0. The molecule has 1 heterocycles. The number of benzene rings is 1. The highest BCUT2D eigenvalue weighted by molar-refractivity contribution is 5.81. The molecule has 1 aliphatic rings. The Kier molecular flexibility index (Phi) is 5.16. The van der Waals surface area contributed by atoms with E-state index in [1.165, 1.54) is 0 Å². The summed E-state index contributed by atoms with van der Waals surface area (Å²) < 4.78 is 0. The van der Waals surface area contributed by atoms with Gasteiger partial charge in [-0.25, -0.2) is 4.79 Å². The van der Waals surface area contributed by atoms with Gasteiger partial charge in [-0.1, -0.05) is 37.3 Å². The Labute approximate surface area is 120 Å². The van der Waals surface area contributed by atoms with Gasteiger partial charge in [0.15, 0.2) is 0 Å². The number of likely N-dealkylation sites (tertiary alicyclic amines) is 1. The van der Waals surface area contributed by atoms with Gasteiger partial charge in [0, 0.05) is 32.0 Å². The Hall–Kier alpha value is -1.84. The fourth-order valence-electron chi connectivity index (χ4n) is 2.58. The smallest absolute Gasteiger partial charge is 0.317 e. The van der Waals surface area contributed by atoms with Crippen LogP contribution in [0, 0.1) is 5.92 Å². The standard InChI is InChI=1S/C16H22N2O2/c1-2-15(19)14-8-10-18(11-9-14)16(20)17-12-13-6-4-3-5-7-13/h3-7,14H,2,8-12H2,1H3,(H,17,20). The molecule has 0 aromatic heterocycles. The van der Waals surface area contributed by atoms with Crippen molar-refractivity contribution in [1.82, 2.24) is 10.2 Å². The van der Waals surface area contributed by atoms with E-state index in [4.69, 9.17) is 0 Å². The van der Waals surface area contributed by atoms with Crippen molar-refractivity contribution in [3.05, 3.63) is 35.9 Å². The summed E-state index contributed by atoms with van der Waals surface area (Å²) in [5.74, 6) is 0.479. The Balaban J connectivity index is 1.76. The van der Waals surface area contributed by atoms with Gasteiger partial charge in [-0.05, 0) is 18.4 Å². The van der Waals surface area contributed by atoms with E-state index < -0.39 is 0 Å². The van der Waals surface area contributed by atoms with E-state index in [9.17, 15) is 9.59 Å². The maximum absolute atomic E-state index is 12.0. The lowest BCUT2D eigenvalue weighted by Crippen LogP contribution is -2.45. The average molecular weight is 274 g/mol. The van der Waals surface area contributed by atoms with Crippen molar-refractivity contribution in [1.29, 1.82) is 0 Å². The van der Waals surface area contributed by atoms with E-state index in [2.05, 4.69) is 5.32 Å². The third-order valence-electron chi connectivity index (χ3n) is 3.87. The number of carbonyl (C=O) groups excluding carboxylic acids is 2. The number of Topliss-reactive ketones (excluding diaryl/α,β-unsaturated/α-hetero) is 1. The highest BCUT2D eigenvalue weighted by Gasteiger charge is 2.25.